The molecule has 1 atom stereocenters. The maximum absolute atomic E-state index is 12.3. The number of aliphatic hydroxyl groups excluding tert-OH is 1. The number of esters is 2. The van der Waals surface area contributed by atoms with Gasteiger partial charge in [0.25, 0.3) is 0 Å². The maximum atomic E-state index is 12.3. The standard InChI is InChI=1S/C71H114O5/c1-3-5-7-9-11-13-15-17-19-21-23-25-27-28-29-30-31-32-33-34-35-36-37-38-39-40-41-42-44-46-48-50-52-54-56-58-60-62-64-66-71(74)76-69(67-72)68-75-70(73)65-63-61-59-57-55-53-51-49-47-45-43-26-24-22-20-18-16-14-12-10-8-6-4-2/h5,7,11,13,17,19,22-25,28-29,31-32,34-35,37-38,40-41,44,46,50,52,56,58,69,72H,3-4,6,8-10,12,14-16,18,20-21,26-27,30,33,36,39,42-43,45,47-49,51,53-55,57,59-68H2,1-2H3/b7-5-,13-11-,19-17-,24-22-,25-23-,29-28-,32-31-,35-34-,38-37-,41-40-,46-44-,52-50-,58-56-. The van der Waals surface area contributed by atoms with Crippen LogP contribution in [0.15, 0.2) is 158 Å². The Balaban J connectivity index is 3.67. The van der Waals surface area contributed by atoms with Gasteiger partial charge in [-0.25, -0.2) is 0 Å². The number of rotatable bonds is 55. The molecule has 0 aromatic rings. The normalized spacial score (nSPS) is 13.4. The van der Waals surface area contributed by atoms with Gasteiger partial charge in [-0.2, -0.15) is 0 Å². The number of carbonyl (C=O) groups is 2. The van der Waals surface area contributed by atoms with Crippen molar-refractivity contribution < 1.29 is 24.2 Å². The second kappa shape index (κ2) is 64.8. The summed E-state index contributed by atoms with van der Waals surface area (Å²) in [7, 11) is 0. The molecular formula is C71H114O5. The Labute approximate surface area is 469 Å². The highest BCUT2D eigenvalue weighted by Gasteiger charge is 2.16. The first kappa shape index (κ1) is 71.5. The van der Waals surface area contributed by atoms with Gasteiger partial charge in [0.15, 0.2) is 6.10 Å². The monoisotopic (exact) mass is 1050 g/mol. The molecule has 0 aliphatic carbocycles. The summed E-state index contributed by atoms with van der Waals surface area (Å²) >= 11 is 0. The Morgan fingerprint density at radius 2 is 0.566 bits per heavy atom. The minimum absolute atomic E-state index is 0.0924. The number of carbonyl (C=O) groups excluding carboxylic acids is 2. The molecule has 5 heteroatoms. The van der Waals surface area contributed by atoms with E-state index in [0.29, 0.717) is 12.8 Å². The Bertz CT molecular complexity index is 1660. The van der Waals surface area contributed by atoms with Crippen LogP contribution in [-0.4, -0.2) is 36.4 Å². The fourth-order valence-corrected chi connectivity index (χ4v) is 8.18. The third kappa shape index (κ3) is 62.1. The van der Waals surface area contributed by atoms with Gasteiger partial charge in [-0.1, -0.05) is 275 Å². The minimum Gasteiger partial charge on any atom is -0.462 e. The molecule has 0 aromatic carbocycles. The van der Waals surface area contributed by atoms with E-state index in [9.17, 15) is 14.7 Å². The van der Waals surface area contributed by atoms with Crippen LogP contribution in [0.2, 0.25) is 0 Å². The summed E-state index contributed by atoms with van der Waals surface area (Å²) in [6, 6.07) is 0. The molecular weight excluding hydrogens is 933 g/mol. The van der Waals surface area contributed by atoms with Crippen molar-refractivity contribution in [1.82, 2.24) is 0 Å². The molecule has 0 saturated carbocycles. The number of hydrogen-bond donors (Lipinski definition) is 1. The minimum atomic E-state index is -0.808. The van der Waals surface area contributed by atoms with Gasteiger partial charge in [0.1, 0.15) is 6.61 Å². The second-order valence-corrected chi connectivity index (χ2v) is 20.0. The summed E-state index contributed by atoms with van der Waals surface area (Å²) in [5.74, 6) is -0.649. The molecule has 5 nitrogen and oxygen atoms in total. The summed E-state index contributed by atoms with van der Waals surface area (Å²) in [5, 5.41) is 9.66. The first-order valence-corrected chi connectivity index (χ1v) is 31.0. The van der Waals surface area contributed by atoms with Gasteiger partial charge in [0, 0.05) is 12.8 Å². The summed E-state index contributed by atoms with van der Waals surface area (Å²) in [4.78, 5) is 24.5. The highest BCUT2D eigenvalue weighted by molar-refractivity contribution is 5.70. The summed E-state index contributed by atoms with van der Waals surface area (Å²) in [6.07, 6.45) is 99.4. The zero-order chi connectivity index (χ0) is 54.8. The van der Waals surface area contributed by atoms with Gasteiger partial charge >= 0.3 is 11.9 Å². The van der Waals surface area contributed by atoms with Gasteiger partial charge in [-0.3, -0.25) is 9.59 Å². The van der Waals surface area contributed by atoms with Gasteiger partial charge in [-0.05, 0) is 128 Å². The molecule has 0 saturated heterocycles. The van der Waals surface area contributed by atoms with Crippen LogP contribution in [0.4, 0.5) is 0 Å². The molecule has 0 aliphatic heterocycles. The van der Waals surface area contributed by atoms with E-state index in [1.807, 2.05) is 0 Å². The largest absolute Gasteiger partial charge is 0.462 e. The smallest absolute Gasteiger partial charge is 0.306 e. The van der Waals surface area contributed by atoms with E-state index in [2.05, 4.69) is 172 Å². The fourth-order valence-electron chi connectivity index (χ4n) is 8.18. The van der Waals surface area contributed by atoms with Gasteiger partial charge in [0.2, 0.25) is 0 Å². The molecule has 76 heavy (non-hydrogen) atoms. The van der Waals surface area contributed by atoms with Gasteiger partial charge in [-0.15, -0.1) is 0 Å². The van der Waals surface area contributed by atoms with Crippen LogP contribution >= 0.6 is 0 Å². The highest BCUT2D eigenvalue weighted by Crippen LogP contribution is 2.15. The molecule has 0 radical (unpaired) electrons. The van der Waals surface area contributed by atoms with Crippen molar-refractivity contribution in [2.75, 3.05) is 13.2 Å². The third-order valence-corrected chi connectivity index (χ3v) is 12.8. The van der Waals surface area contributed by atoms with E-state index < -0.39 is 6.10 Å². The second-order valence-electron chi connectivity index (χ2n) is 20.0. The van der Waals surface area contributed by atoms with Crippen molar-refractivity contribution in [2.45, 2.75) is 264 Å². The first-order valence-electron chi connectivity index (χ1n) is 31.0. The molecule has 0 bridgehead atoms. The van der Waals surface area contributed by atoms with E-state index >= 15 is 0 Å². The van der Waals surface area contributed by atoms with Crippen molar-refractivity contribution in [3.8, 4) is 0 Å². The van der Waals surface area contributed by atoms with Crippen LogP contribution < -0.4 is 0 Å². The Morgan fingerprint density at radius 3 is 0.895 bits per heavy atom. The van der Waals surface area contributed by atoms with E-state index in [1.54, 1.807) is 0 Å². The van der Waals surface area contributed by atoms with Crippen molar-refractivity contribution in [3.63, 3.8) is 0 Å². The van der Waals surface area contributed by atoms with Crippen molar-refractivity contribution in [1.29, 1.82) is 0 Å². The Morgan fingerprint density at radius 1 is 0.316 bits per heavy atom. The molecule has 0 spiro atoms. The quantitative estimate of drug-likeness (QED) is 0.0373. The van der Waals surface area contributed by atoms with Crippen LogP contribution in [0.5, 0.6) is 0 Å². The van der Waals surface area contributed by atoms with E-state index in [1.165, 1.54) is 116 Å². The number of allylic oxidation sites excluding steroid dienone is 26. The van der Waals surface area contributed by atoms with Crippen molar-refractivity contribution in [3.05, 3.63) is 158 Å². The lowest BCUT2D eigenvalue weighted by Crippen LogP contribution is -2.28. The zero-order valence-electron chi connectivity index (χ0n) is 49.0. The predicted octanol–water partition coefficient (Wildman–Crippen LogP) is 21.5. The molecule has 0 amide bonds. The maximum Gasteiger partial charge on any atom is 0.306 e. The van der Waals surface area contributed by atoms with Crippen LogP contribution in [-0.2, 0) is 19.1 Å². The Kier molecular flexibility index (Phi) is 61.0. The molecule has 0 fully saturated rings. The zero-order valence-corrected chi connectivity index (χ0v) is 49.0. The van der Waals surface area contributed by atoms with E-state index in [-0.39, 0.29) is 31.6 Å². The summed E-state index contributed by atoms with van der Waals surface area (Å²) in [6.45, 7) is 4.00. The van der Waals surface area contributed by atoms with E-state index in [0.717, 1.165) is 109 Å². The van der Waals surface area contributed by atoms with Gasteiger partial charge < -0.3 is 14.6 Å². The van der Waals surface area contributed by atoms with Crippen LogP contribution in [0, 0.1) is 0 Å². The number of ether oxygens (including phenoxy) is 2. The van der Waals surface area contributed by atoms with Crippen LogP contribution in [0.25, 0.3) is 0 Å². The number of hydrogen-bond acceptors (Lipinski definition) is 5. The molecule has 1 N–H and O–H groups in total. The summed E-state index contributed by atoms with van der Waals surface area (Å²) in [5.41, 5.74) is 0. The molecule has 0 aliphatic rings. The lowest BCUT2D eigenvalue weighted by Gasteiger charge is -2.15. The number of aliphatic hydroxyl groups is 1. The molecule has 0 aromatic heterocycles. The first-order chi connectivity index (χ1) is 37.6. The predicted molar refractivity (Wildman–Crippen MR) is 334 cm³/mol. The molecule has 0 heterocycles. The third-order valence-electron chi connectivity index (χ3n) is 12.8. The van der Waals surface area contributed by atoms with Crippen molar-refractivity contribution >= 4 is 11.9 Å². The average Bonchev–Trinajstić information content (AvgIpc) is 3.42. The van der Waals surface area contributed by atoms with Crippen LogP contribution in [0.3, 0.4) is 0 Å². The average molecular weight is 1050 g/mol. The summed E-state index contributed by atoms with van der Waals surface area (Å²) < 4.78 is 10.7. The number of unbranched alkanes of at least 4 members (excludes halogenated alkanes) is 21. The fraction of sp³-hybridized carbons (Fsp3) is 0.606. The van der Waals surface area contributed by atoms with Gasteiger partial charge in [0.05, 0.1) is 6.61 Å². The molecule has 428 valence electrons. The highest BCUT2D eigenvalue weighted by atomic mass is 16.6. The topological polar surface area (TPSA) is 72.8 Å². The molecule has 0 rings (SSSR count). The lowest BCUT2D eigenvalue weighted by atomic mass is 10.0. The molecule has 1 unspecified atom stereocenters. The van der Waals surface area contributed by atoms with E-state index in [4.69, 9.17) is 9.47 Å². The lowest BCUT2D eigenvalue weighted by molar-refractivity contribution is -0.161. The van der Waals surface area contributed by atoms with Crippen molar-refractivity contribution in [2.24, 2.45) is 0 Å². The SMILES string of the molecule is CC/C=C\C/C=C\C/C=C\C/C=C\C/C=C\C/C=C\C/C=C\C/C=C\C/C=C\C/C=C\C/C=C\C/C=C\CCCCC(=O)OC(CO)COC(=O)CCCCCCCCCCCCC/C=C\CCCCCCCCCC. The Hall–Kier alpha value is -4.48. The van der Waals surface area contributed by atoms with Crippen LogP contribution in [0.1, 0.15) is 258 Å².